The van der Waals surface area contributed by atoms with Gasteiger partial charge < -0.3 is 5.32 Å². The first-order valence-corrected chi connectivity index (χ1v) is 7.63. The monoisotopic (exact) mass is 374 g/mol. The van der Waals surface area contributed by atoms with Crippen LogP contribution in [0.1, 0.15) is 11.1 Å². The number of aryl methyl sites for hydroxylation is 1. The number of pyridine rings is 1. The largest absolute Gasteiger partial charge is 0.381 e. The molecule has 0 aliphatic heterocycles. The zero-order valence-corrected chi connectivity index (χ0v) is 13.4. The van der Waals surface area contributed by atoms with E-state index in [-0.39, 0.29) is 0 Å². The fourth-order valence-corrected chi connectivity index (χ4v) is 2.91. The third kappa shape index (κ3) is 2.93. The van der Waals surface area contributed by atoms with Gasteiger partial charge in [0.2, 0.25) is 0 Å². The van der Waals surface area contributed by atoms with Crippen LogP contribution in [0.25, 0.3) is 10.8 Å². The summed E-state index contributed by atoms with van der Waals surface area (Å²) in [5, 5.41) is 5.92. The molecule has 0 bridgehead atoms. The van der Waals surface area contributed by atoms with E-state index in [0.717, 1.165) is 6.54 Å². The average molecular weight is 374 g/mol. The molecule has 0 spiro atoms. The van der Waals surface area contributed by atoms with Crippen molar-refractivity contribution < 1.29 is 0 Å². The van der Waals surface area contributed by atoms with Crippen LogP contribution in [0.2, 0.25) is 0 Å². The first-order chi connectivity index (χ1) is 9.72. The number of benzene rings is 2. The molecule has 3 aromatic rings. The van der Waals surface area contributed by atoms with Gasteiger partial charge in [-0.3, -0.25) is 4.98 Å². The third-order valence-corrected chi connectivity index (χ3v) is 4.05. The van der Waals surface area contributed by atoms with Gasteiger partial charge in [0.25, 0.3) is 0 Å². The number of halogens is 1. The van der Waals surface area contributed by atoms with Gasteiger partial charge in [0, 0.05) is 33.6 Å². The minimum absolute atomic E-state index is 0.833. The summed E-state index contributed by atoms with van der Waals surface area (Å²) in [6.45, 7) is 2.97. The molecule has 0 fully saturated rings. The lowest BCUT2D eigenvalue weighted by Gasteiger charge is -2.10. The molecule has 0 saturated heterocycles. The predicted octanol–water partition coefficient (Wildman–Crippen LogP) is 4.76. The van der Waals surface area contributed by atoms with Gasteiger partial charge in [0.05, 0.1) is 0 Å². The number of hydrogen-bond donors (Lipinski definition) is 1. The smallest absolute Gasteiger partial charge is 0.0401 e. The highest BCUT2D eigenvalue weighted by Crippen LogP contribution is 2.20. The molecule has 100 valence electrons. The molecule has 3 rings (SSSR count). The summed E-state index contributed by atoms with van der Waals surface area (Å²) in [4.78, 5) is 4.14. The lowest BCUT2D eigenvalue weighted by atomic mass is 10.1. The molecular formula is C17H15IN2. The van der Waals surface area contributed by atoms with E-state index in [4.69, 9.17) is 0 Å². The Morgan fingerprint density at radius 3 is 2.80 bits per heavy atom. The topological polar surface area (TPSA) is 24.9 Å². The highest BCUT2D eigenvalue weighted by Gasteiger charge is 2.00. The van der Waals surface area contributed by atoms with E-state index in [1.54, 1.807) is 0 Å². The van der Waals surface area contributed by atoms with Gasteiger partial charge in [-0.1, -0.05) is 12.1 Å². The van der Waals surface area contributed by atoms with Crippen LogP contribution in [0.5, 0.6) is 0 Å². The van der Waals surface area contributed by atoms with Gasteiger partial charge in [0.1, 0.15) is 0 Å². The van der Waals surface area contributed by atoms with E-state index >= 15 is 0 Å². The number of rotatable bonds is 3. The van der Waals surface area contributed by atoms with E-state index in [1.807, 2.05) is 12.4 Å². The fourth-order valence-electron chi connectivity index (χ4n) is 2.27. The zero-order valence-electron chi connectivity index (χ0n) is 11.2. The fraction of sp³-hybridized carbons (Fsp3) is 0.118. The van der Waals surface area contributed by atoms with Crippen molar-refractivity contribution in [1.29, 1.82) is 0 Å². The maximum Gasteiger partial charge on any atom is 0.0401 e. The van der Waals surface area contributed by atoms with Crippen LogP contribution < -0.4 is 5.32 Å². The Bertz CT molecular complexity index is 753. The number of anilines is 1. The van der Waals surface area contributed by atoms with Crippen molar-refractivity contribution in [1.82, 2.24) is 4.98 Å². The summed E-state index contributed by atoms with van der Waals surface area (Å²) >= 11 is 2.34. The van der Waals surface area contributed by atoms with Crippen LogP contribution in [0.4, 0.5) is 5.69 Å². The molecule has 0 aliphatic carbocycles. The summed E-state index contributed by atoms with van der Waals surface area (Å²) in [6.07, 6.45) is 3.73. The van der Waals surface area contributed by atoms with E-state index in [0.29, 0.717) is 0 Å². The molecule has 0 aliphatic rings. The summed E-state index contributed by atoms with van der Waals surface area (Å²) in [7, 11) is 0. The van der Waals surface area contributed by atoms with Crippen molar-refractivity contribution in [3.8, 4) is 0 Å². The molecule has 0 saturated carbocycles. The maximum atomic E-state index is 4.14. The molecule has 20 heavy (non-hydrogen) atoms. The summed E-state index contributed by atoms with van der Waals surface area (Å²) in [5.74, 6) is 0. The molecule has 3 heteroatoms. The Balaban J connectivity index is 1.79. The first-order valence-electron chi connectivity index (χ1n) is 6.55. The van der Waals surface area contributed by atoms with Gasteiger partial charge in [-0.15, -0.1) is 0 Å². The van der Waals surface area contributed by atoms with Gasteiger partial charge in [0.15, 0.2) is 0 Å². The Kier molecular flexibility index (Phi) is 3.87. The van der Waals surface area contributed by atoms with Gasteiger partial charge in [-0.25, -0.2) is 0 Å². The second kappa shape index (κ2) is 5.79. The van der Waals surface area contributed by atoms with Crippen molar-refractivity contribution >= 4 is 39.1 Å². The summed E-state index contributed by atoms with van der Waals surface area (Å²) < 4.78 is 1.27. The standard InChI is InChI=1S/C17H15IN2/c1-12-8-16(18)4-5-17(12)20-10-13-2-3-15-11-19-7-6-14(15)9-13/h2-9,11,20H,10H2,1H3. The van der Waals surface area contributed by atoms with Crippen LogP contribution >= 0.6 is 22.6 Å². The summed E-state index contributed by atoms with van der Waals surface area (Å²) in [5.41, 5.74) is 3.75. The third-order valence-electron chi connectivity index (χ3n) is 3.38. The van der Waals surface area contributed by atoms with E-state index in [2.05, 4.69) is 82.3 Å². The van der Waals surface area contributed by atoms with Crippen LogP contribution in [0.15, 0.2) is 54.9 Å². The van der Waals surface area contributed by atoms with E-state index in [9.17, 15) is 0 Å². The predicted molar refractivity (Wildman–Crippen MR) is 93.0 cm³/mol. The summed E-state index contributed by atoms with van der Waals surface area (Å²) in [6, 6.07) is 15.0. The SMILES string of the molecule is Cc1cc(I)ccc1NCc1ccc2cnccc2c1. The zero-order chi connectivity index (χ0) is 13.9. The highest BCUT2D eigenvalue weighted by molar-refractivity contribution is 14.1. The average Bonchev–Trinajstić information content (AvgIpc) is 2.46. The van der Waals surface area contributed by atoms with E-state index < -0.39 is 0 Å². The molecule has 2 nitrogen and oxygen atoms in total. The molecule has 0 amide bonds. The van der Waals surface area contributed by atoms with Crippen LogP contribution in [-0.2, 0) is 6.54 Å². The molecule has 0 radical (unpaired) electrons. The van der Waals surface area contributed by atoms with Crippen LogP contribution in [0, 0.1) is 10.5 Å². The highest BCUT2D eigenvalue weighted by atomic mass is 127. The van der Waals surface area contributed by atoms with Crippen molar-refractivity contribution in [2.45, 2.75) is 13.5 Å². The quantitative estimate of drug-likeness (QED) is 0.669. The number of nitrogens with zero attached hydrogens (tertiary/aromatic N) is 1. The first kappa shape index (κ1) is 13.4. The Morgan fingerprint density at radius 1 is 1.05 bits per heavy atom. The number of fused-ring (bicyclic) bond motifs is 1. The molecular weight excluding hydrogens is 359 g/mol. The maximum absolute atomic E-state index is 4.14. The van der Waals surface area contributed by atoms with Crippen molar-refractivity contribution in [2.75, 3.05) is 5.32 Å². The number of aromatic nitrogens is 1. The Labute approximate surface area is 132 Å². The van der Waals surface area contributed by atoms with Crippen LogP contribution in [0.3, 0.4) is 0 Å². The number of nitrogens with one attached hydrogen (secondary N) is 1. The Morgan fingerprint density at radius 2 is 1.95 bits per heavy atom. The molecule has 0 atom stereocenters. The van der Waals surface area contributed by atoms with Crippen molar-refractivity contribution in [3.63, 3.8) is 0 Å². The van der Waals surface area contributed by atoms with Crippen LogP contribution in [-0.4, -0.2) is 4.98 Å². The van der Waals surface area contributed by atoms with E-state index in [1.165, 1.54) is 31.2 Å². The second-order valence-corrected chi connectivity index (χ2v) is 6.12. The molecule has 1 heterocycles. The lowest BCUT2D eigenvalue weighted by Crippen LogP contribution is -2.01. The minimum Gasteiger partial charge on any atom is -0.381 e. The van der Waals surface area contributed by atoms with Crippen molar-refractivity contribution in [2.24, 2.45) is 0 Å². The minimum atomic E-state index is 0.833. The normalized spacial score (nSPS) is 10.7. The molecule has 0 unspecified atom stereocenters. The molecule has 2 aromatic carbocycles. The lowest BCUT2D eigenvalue weighted by molar-refractivity contribution is 1.14. The number of hydrogen-bond acceptors (Lipinski definition) is 2. The van der Waals surface area contributed by atoms with Gasteiger partial charge in [-0.05, 0) is 76.4 Å². The second-order valence-electron chi connectivity index (χ2n) is 4.87. The van der Waals surface area contributed by atoms with Crippen molar-refractivity contribution in [3.05, 3.63) is 69.6 Å². The molecule has 1 N–H and O–H groups in total. The Hall–Kier alpha value is -1.62. The van der Waals surface area contributed by atoms with Gasteiger partial charge >= 0.3 is 0 Å². The molecule has 1 aromatic heterocycles. The van der Waals surface area contributed by atoms with Gasteiger partial charge in [-0.2, -0.15) is 0 Å².